The van der Waals surface area contributed by atoms with Crippen molar-refractivity contribution in [2.75, 3.05) is 34.8 Å². The van der Waals surface area contributed by atoms with Gasteiger partial charge in [-0.1, -0.05) is 80.3 Å². The van der Waals surface area contributed by atoms with E-state index in [2.05, 4.69) is 83.7 Å². The van der Waals surface area contributed by atoms with Crippen LogP contribution >= 0.6 is 0 Å². The van der Waals surface area contributed by atoms with Crippen LogP contribution in [0, 0.1) is 17.8 Å². The van der Waals surface area contributed by atoms with Crippen molar-refractivity contribution in [3.8, 4) is 34.4 Å². The van der Waals surface area contributed by atoms with Gasteiger partial charge in [-0.15, -0.1) is 0 Å². The number of aldehydes is 1. The molecule has 0 fully saturated rings. The van der Waals surface area contributed by atoms with Gasteiger partial charge in [0, 0.05) is 24.1 Å². The van der Waals surface area contributed by atoms with Crippen LogP contribution in [-0.4, -0.2) is 84.0 Å². The predicted octanol–water partition coefficient (Wildman–Crippen LogP) is 6.45. The quantitative estimate of drug-likeness (QED) is 0.0463. The second-order valence-corrected chi connectivity index (χ2v) is 13.9. The first-order valence-corrected chi connectivity index (χ1v) is 18.8. The number of carbonyl (C=O) groups is 3. The molecule has 2 aromatic heterocycles. The number of hydrogen-bond donors (Lipinski definition) is 5. The molecule has 0 aliphatic rings. The molecule has 3 aromatic carbocycles. The summed E-state index contributed by atoms with van der Waals surface area (Å²) in [7, 11) is 7.04. The molecule has 294 valence electrons. The van der Waals surface area contributed by atoms with Crippen LogP contribution in [0.1, 0.15) is 74.0 Å². The number of unbranched alkanes of at least 4 members (excludes halogenated alkanes) is 1. The average molecular weight is 759 g/mol. The number of H-pyrrole nitrogens is 2. The Balaban J connectivity index is 0.000000552. The Bertz CT molecular complexity index is 2030. The maximum absolute atomic E-state index is 12.8. The standard InChI is InChI=1S/C37H41N7O.C7H13NO3/c1-26(38-2)36-41-25-33(43-36)30-21-17-28(18-22-30)14-13-27-15-19-29(20-16-27)32-24-40-34(42-32)12-8-9-23-39-37(45)35(44(3)4)31-10-6-5-7-11-31;1-5(2)6(4-9)8-7(10)11-3/h5-7,10-11,15-22,24-26,35,38H,8-9,12,23H2,1-4H3,(H,39,45)(H,40,42)(H,41,43);4-6H,1-3H3,(H,8,10). The van der Waals surface area contributed by atoms with Gasteiger partial charge in [0.05, 0.1) is 43.0 Å². The molecule has 5 rings (SSSR count). The Hall–Kier alpha value is -6.03. The van der Waals surface area contributed by atoms with Gasteiger partial charge in [0.1, 0.15) is 24.0 Å². The smallest absolute Gasteiger partial charge is 0.407 e. The van der Waals surface area contributed by atoms with Crippen LogP contribution in [0.4, 0.5) is 4.79 Å². The molecule has 5 N–H and O–H groups in total. The second kappa shape index (κ2) is 21.8. The highest BCUT2D eigenvalue weighted by molar-refractivity contribution is 5.83. The molecule has 5 aromatic rings. The van der Waals surface area contributed by atoms with Gasteiger partial charge in [-0.3, -0.25) is 9.69 Å². The highest BCUT2D eigenvalue weighted by atomic mass is 16.5. The van der Waals surface area contributed by atoms with Gasteiger partial charge < -0.3 is 35.4 Å². The highest BCUT2D eigenvalue weighted by Crippen LogP contribution is 2.21. The molecule has 12 nitrogen and oxygen atoms in total. The van der Waals surface area contributed by atoms with E-state index in [0.29, 0.717) is 12.8 Å². The third-order valence-electron chi connectivity index (χ3n) is 9.16. The molecule has 0 saturated carbocycles. The van der Waals surface area contributed by atoms with E-state index in [-0.39, 0.29) is 23.9 Å². The molecule has 0 bridgehead atoms. The lowest BCUT2D eigenvalue weighted by atomic mass is 10.1. The summed E-state index contributed by atoms with van der Waals surface area (Å²) < 4.78 is 4.32. The number of ether oxygens (including phenoxy) is 1. The molecular weight excluding hydrogens is 705 g/mol. The summed E-state index contributed by atoms with van der Waals surface area (Å²) in [6.07, 6.45) is 6.50. The van der Waals surface area contributed by atoms with Crippen molar-refractivity contribution >= 4 is 18.3 Å². The lowest BCUT2D eigenvalue weighted by Gasteiger charge is -2.23. The van der Waals surface area contributed by atoms with E-state index in [1.807, 2.05) is 107 Å². The third-order valence-corrected chi connectivity index (χ3v) is 9.16. The number of alkyl carbamates (subject to hydrolysis) is 1. The lowest BCUT2D eigenvalue weighted by Crippen LogP contribution is -2.39. The van der Waals surface area contributed by atoms with E-state index in [9.17, 15) is 14.4 Å². The van der Waals surface area contributed by atoms with E-state index in [4.69, 9.17) is 0 Å². The zero-order chi connectivity index (χ0) is 40.5. The van der Waals surface area contributed by atoms with Gasteiger partial charge in [0.2, 0.25) is 5.91 Å². The molecule has 2 amide bonds. The summed E-state index contributed by atoms with van der Waals surface area (Å²) in [5.41, 5.74) is 7.02. The fourth-order valence-electron chi connectivity index (χ4n) is 5.68. The largest absolute Gasteiger partial charge is 0.453 e. The van der Waals surface area contributed by atoms with Crippen molar-refractivity contribution in [1.82, 2.24) is 40.8 Å². The van der Waals surface area contributed by atoms with Gasteiger partial charge in [0.15, 0.2) is 0 Å². The summed E-state index contributed by atoms with van der Waals surface area (Å²) in [4.78, 5) is 51.5. The van der Waals surface area contributed by atoms with E-state index in [1.54, 1.807) is 0 Å². The van der Waals surface area contributed by atoms with Crippen LogP contribution in [0.15, 0.2) is 91.3 Å². The Labute approximate surface area is 330 Å². The number of likely N-dealkylation sites (N-methyl/N-ethyl adjacent to an activating group) is 1. The molecular formula is C44H54N8O4. The maximum atomic E-state index is 12.8. The first-order chi connectivity index (χ1) is 27.0. The van der Waals surface area contributed by atoms with E-state index in [1.165, 1.54) is 7.11 Å². The van der Waals surface area contributed by atoms with Crippen molar-refractivity contribution in [2.45, 2.75) is 58.2 Å². The van der Waals surface area contributed by atoms with Crippen molar-refractivity contribution < 1.29 is 19.1 Å². The van der Waals surface area contributed by atoms with Crippen molar-refractivity contribution in [2.24, 2.45) is 5.92 Å². The Morgan fingerprint density at radius 3 is 1.96 bits per heavy atom. The number of benzene rings is 3. The van der Waals surface area contributed by atoms with Crippen LogP contribution in [0.3, 0.4) is 0 Å². The van der Waals surface area contributed by atoms with Gasteiger partial charge >= 0.3 is 6.09 Å². The molecule has 0 aliphatic heterocycles. The number of aromatic amines is 2. The number of nitrogens with zero attached hydrogens (tertiary/aromatic N) is 3. The molecule has 2 heterocycles. The summed E-state index contributed by atoms with van der Waals surface area (Å²) >= 11 is 0. The Kier molecular flexibility index (Phi) is 16.6. The third kappa shape index (κ3) is 12.8. The summed E-state index contributed by atoms with van der Waals surface area (Å²) in [6.45, 7) is 6.39. The van der Waals surface area contributed by atoms with Crippen LogP contribution in [0.5, 0.6) is 0 Å². The fraction of sp³-hybridized carbons (Fsp3) is 0.341. The van der Waals surface area contributed by atoms with Crippen LogP contribution in [0.25, 0.3) is 22.5 Å². The summed E-state index contributed by atoms with van der Waals surface area (Å²) in [5.74, 6) is 8.50. The second-order valence-electron chi connectivity index (χ2n) is 13.9. The topological polar surface area (TPSA) is 157 Å². The Morgan fingerprint density at radius 1 is 0.839 bits per heavy atom. The first kappa shape index (κ1) is 42.7. The summed E-state index contributed by atoms with van der Waals surface area (Å²) in [6, 6.07) is 25.7. The minimum absolute atomic E-state index is 0.0245. The molecule has 0 aliphatic carbocycles. The molecule has 0 saturated heterocycles. The zero-order valence-electron chi connectivity index (χ0n) is 33.4. The number of amides is 2. The number of methoxy groups -OCH3 is 1. The Morgan fingerprint density at radius 2 is 1.43 bits per heavy atom. The number of imidazole rings is 2. The maximum Gasteiger partial charge on any atom is 0.407 e. The molecule has 3 unspecified atom stereocenters. The van der Waals surface area contributed by atoms with Gasteiger partial charge in [-0.25, -0.2) is 14.8 Å². The lowest BCUT2D eigenvalue weighted by molar-refractivity contribution is -0.125. The van der Waals surface area contributed by atoms with E-state index in [0.717, 1.165) is 70.1 Å². The fourth-order valence-corrected chi connectivity index (χ4v) is 5.68. The molecule has 0 spiro atoms. The minimum Gasteiger partial charge on any atom is -0.453 e. The van der Waals surface area contributed by atoms with E-state index >= 15 is 0 Å². The first-order valence-electron chi connectivity index (χ1n) is 18.8. The normalized spacial score (nSPS) is 12.4. The average Bonchev–Trinajstić information content (AvgIpc) is 3.91. The highest BCUT2D eigenvalue weighted by Gasteiger charge is 2.22. The van der Waals surface area contributed by atoms with Gasteiger partial charge in [-0.2, -0.15) is 0 Å². The SMILES string of the molecule is CNC(C)c1ncc(-c2ccc(C#Cc3ccc(-c4cnc(CCCCNC(=O)C(c5ccccc5)N(C)C)[nH]4)cc3)cc2)[nH]1.COC(=O)NC(C=O)C(C)C. The number of rotatable bonds is 15. The number of aromatic nitrogens is 4. The van der Waals surface area contributed by atoms with Crippen molar-refractivity contribution in [3.05, 3.63) is 120 Å². The van der Waals surface area contributed by atoms with Crippen LogP contribution in [-0.2, 0) is 20.7 Å². The molecule has 3 atom stereocenters. The molecule has 0 radical (unpaired) electrons. The number of carbonyl (C=O) groups excluding carboxylic acids is 3. The van der Waals surface area contributed by atoms with Gasteiger partial charge in [-0.05, 0) is 87.8 Å². The molecule has 56 heavy (non-hydrogen) atoms. The minimum atomic E-state index is -0.573. The molecule has 12 heteroatoms. The summed E-state index contributed by atoms with van der Waals surface area (Å²) in [5, 5.41) is 8.67. The van der Waals surface area contributed by atoms with Gasteiger partial charge in [0.25, 0.3) is 0 Å². The number of aryl methyl sites for hydroxylation is 1. The van der Waals surface area contributed by atoms with Crippen molar-refractivity contribution in [1.29, 1.82) is 0 Å². The van der Waals surface area contributed by atoms with E-state index < -0.39 is 12.1 Å². The van der Waals surface area contributed by atoms with Crippen LogP contribution in [0.2, 0.25) is 0 Å². The number of hydrogen-bond acceptors (Lipinski definition) is 8. The van der Waals surface area contributed by atoms with Crippen molar-refractivity contribution in [3.63, 3.8) is 0 Å². The predicted molar refractivity (Wildman–Crippen MR) is 221 cm³/mol. The zero-order valence-corrected chi connectivity index (χ0v) is 33.4. The van der Waals surface area contributed by atoms with Crippen LogP contribution < -0.4 is 16.0 Å². The monoisotopic (exact) mass is 758 g/mol. The number of nitrogens with one attached hydrogen (secondary N) is 5.